The number of carbonyl (C=O) groups excluding carboxylic acids is 2. The summed E-state index contributed by atoms with van der Waals surface area (Å²) in [5, 5.41) is 18.8. The molecule has 0 heterocycles. The second-order valence-electron chi connectivity index (χ2n) is 4.93. The van der Waals surface area contributed by atoms with Gasteiger partial charge in [-0.15, -0.1) is 0 Å². The summed E-state index contributed by atoms with van der Waals surface area (Å²) < 4.78 is 0. The van der Waals surface area contributed by atoms with E-state index < -0.39 is 10.9 Å². The van der Waals surface area contributed by atoms with Crippen LogP contribution in [0.2, 0.25) is 0 Å². The zero-order chi connectivity index (χ0) is 18.8. The second-order valence-corrected chi connectivity index (χ2v) is 4.93. The van der Waals surface area contributed by atoms with Gasteiger partial charge in [-0.25, -0.2) is 0 Å². The van der Waals surface area contributed by atoms with Crippen LogP contribution in [0.1, 0.15) is 35.7 Å². The van der Waals surface area contributed by atoms with Crippen LogP contribution in [-0.2, 0) is 9.59 Å². The highest BCUT2D eigenvalue weighted by Crippen LogP contribution is 2.20. The highest BCUT2D eigenvalue weighted by molar-refractivity contribution is 6.11. The van der Waals surface area contributed by atoms with Crippen molar-refractivity contribution in [3.63, 3.8) is 0 Å². The molecule has 25 heavy (non-hydrogen) atoms. The topological polar surface area (TPSA) is 115 Å². The molecule has 0 aliphatic carbocycles. The molecule has 0 atom stereocenters. The van der Waals surface area contributed by atoms with Gasteiger partial charge >= 0.3 is 5.97 Å². The van der Waals surface area contributed by atoms with Gasteiger partial charge in [0, 0.05) is 18.1 Å². The van der Waals surface area contributed by atoms with Crippen LogP contribution in [0.15, 0.2) is 54.6 Å². The molecule has 2 aromatic carbocycles. The van der Waals surface area contributed by atoms with Crippen molar-refractivity contribution in [3.05, 3.63) is 75.8 Å². The summed E-state index contributed by atoms with van der Waals surface area (Å²) >= 11 is 0. The number of rotatable bonds is 6. The molecule has 0 bridgehead atoms. The van der Waals surface area contributed by atoms with Crippen LogP contribution in [0, 0.1) is 10.1 Å². The van der Waals surface area contributed by atoms with Crippen molar-refractivity contribution in [2.75, 3.05) is 0 Å². The number of carboxylic acid groups (broad SMARTS) is 1. The Labute approximate surface area is 144 Å². The van der Waals surface area contributed by atoms with E-state index in [0.29, 0.717) is 12.0 Å². The number of nitrogens with zero attached hydrogens (tertiary/aromatic N) is 1. The summed E-state index contributed by atoms with van der Waals surface area (Å²) in [6, 6.07) is 14.5. The molecular weight excluding hydrogens is 326 g/mol. The summed E-state index contributed by atoms with van der Waals surface area (Å²) in [6.07, 6.45) is -0.0250. The van der Waals surface area contributed by atoms with Crippen LogP contribution in [-0.4, -0.2) is 27.6 Å². The zero-order valence-corrected chi connectivity index (χ0v) is 13.5. The number of nitro groups is 1. The van der Waals surface area contributed by atoms with Crippen LogP contribution < -0.4 is 0 Å². The SMILES string of the molecule is CCC(=O)CC(=O)O.O=C(c1ccccc1)c1ccccc1[N+](=O)[O-]. The third kappa shape index (κ3) is 6.34. The lowest BCUT2D eigenvalue weighted by molar-refractivity contribution is -0.385. The fourth-order valence-corrected chi connectivity index (χ4v) is 1.86. The van der Waals surface area contributed by atoms with Crippen molar-refractivity contribution < 1.29 is 24.4 Å². The molecule has 0 amide bonds. The van der Waals surface area contributed by atoms with Gasteiger partial charge in [0.15, 0.2) is 5.78 Å². The van der Waals surface area contributed by atoms with Crippen LogP contribution >= 0.6 is 0 Å². The minimum absolute atomic E-state index is 0.115. The predicted octanol–water partition coefficient (Wildman–Crippen LogP) is 3.27. The molecule has 0 spiro atoms. The minimum atomic E-state index is -1.04. The third-order valence-corrected chi connectivity index (χ3v) is 3.12. The molecule has 0 aliphatic rings. The van der Waals surface area contributed by atoms with Crippen molar-refractivity contribution >= 4 is 23.2 Å². The van der Waals surface area contributed by atoms with E-state index in [9.17, 15) is 24.5 Å². The third-order valence-electron chi connectivity index (χ3n) is 3.12. The fourth-order valence-electron chi connectivity index (χ4n) is 1.86. The molecule has 0 saturated heterocycles. The first kappa shape index (κ1) is 19.7. The number of nitro benzene ring substituents is 1. The largest absolute Gasteiger partial charge is 0.481 e. The number of hydrogen-bond donors (Lipinski definition) is 1. The highest BCUT2D eigenvalue weighted by atomic mass is 16.6. The summed E-state index contributed by atoms with van der Waals surface area (Å²) in [7, 11) is 0. The molecule has 0 aromatic heterocycles. The molecule has 2 aromatic rings. The first-order chi connectivity index (χ1) is 11.9. The Kier molecular flexibility index (Phi) is 7.65. The molecule has 2 rings (SSSR count). The van der Waals surface area contributed by atoms with E-state index in [1.807, 2.05) is 0 Å². The predicted molar refractivity (Wildman–Crippen MR) is 90.5 cm³/mol. The first-order valence-electron chi connectivity index (χ1n) is 7.43. The van der Waals surface area contributed by atoms with E-state index in [1.165, 1.54) is 12.1 Å². The number of aliphatic carboxylic acids is 1. The molecule has 7 nitrogen and oxygen atoms in total. The van der Waals surface area contributed by atoms with Gasteiger partial charge in [0.05, 0.1) is 4.92 Å². The number of carboxylic acids is 1. The number of Topliss-reactive ketones (excluding diaryl/α,β-unsaturated/α-hetero) is 1. The molecule has 0 radical (unpaired) electrons. The second kappa shape index (κ2) is 9.71. The Morgan fingerprint density at radius 2 is 1.56 bits per heavy atom. The highest BCUT2D eigenvalue weighted by Gasteiger charge is 2.19. The van der Waals surface area contributed by atoms with Gasteiger partial charge in [-0.05, 0) is 6.07 Å². The van der Waals surface area contributed by atoms with Crippen molar-refractivity contribution in [1.82, 2.24) is 0 Å². The molecule has 0 fully saturated rings. The van der Waals surface area contributed by atoms with Gasteiger partial charge in [0.2, 0.25) is 0 Å². The first-order valence-corrected chi connectivity index (χ1v) is 7.43. The maximum Gasteiger partial charge on any atom is 0.310 e. The Hall–Kier alpha value is -3.35. The number of benzene rings is 2. The molecule has 7 heteroatoms. The van der Waals surface area contributed by atoms with E-state index in [2.05, 4.69) is 0 Å². The number of hydrogen-bond acceptors (Lipinski definition) is 5. The van der Waals surface area contributed by atoms with Gasteiger partial charge in [-0.1, -0.05) is 49.4 Å². The smallest absolute Gasteiger partial charge is 0.310 e. The van der Waals surface area contributed by atoms with Crippen molar-refractivity contribution in [2.45, 2.75) is 19.8 Å². The lowest BCUT2D eigenvalue weighted by atomic mass is 10.0. The normalized spacial score (nSPS) is 9.48. The van der Waals surface area contributed by atoms with E-state index in [4.69, 9.17) is 5.11 Å². The van der Waals surface area contributed by atoms with Crippen LogP contribution in [0.25, 0.3) is 0 Å². The Bertz CT molecular complexity index is 770. The molecule has 0 unspecified atom stereocenters. The van der Waals surface area contributed by atoms with E-state index in [1.54, 1.807) is 49.4 Å². The number of para-hydroxylation sites is 1. The molecule has 0 saturated carbocycles. The number of ketones is 2. The Morgan fingerprint density at radius 1 is 1.00 bits per heavy atom. The summed E-state index contributed by atoms with van der Waals surface area (Å²) in [6.45, 7) is 1.64. The maximum absolute atomic E-state index is 12.1. The van der Waals surface area contributed by atoms with E-state index in [0.717, 1.165) is 0 Å². The molecule has 0 aliphatic heterocycles. The van der Waals surface area contributed by atoms with Crippen molar-refractivity contribution in [1.29, 1.82) is 0 Å². The lowest BCUT2D eigenvalue weighted by Gasteiger charge is -2.01. The van der Waals surface area contributed by atoms with Gasteiger partial charge < -0.3 is 5.11 Å². The van der Waals surface area contributed by atoms with Gasteiger partial charge in [-0.2, -0.15) is 0 Å². The summed E-state index contributed by atoms with van der Waals surface area (Å²) in [4.78, 5) is 42.3. The van der Waals surface area contributed by atoms with Crippen LogP contribution in [0.4, 0.5) is 5.69 Å². The summed E-state index contributed by atoms with van der Waals surface area (Å²) in [5.74, 6) is -1.60. The average molecular weight is 343 g/mol. The minimum Gasteiger partial charge on any atom is -0.481 e. The Morgan fingerprint density at radius 3 is 2.04 bits per heavy atom. The summed E-state index contributed by atoms with van der Waals surface area (Å²) in [5.41, 5.74) is 0.395. The average Bonchev–Trinajstić information content (AvgIpc) is 2.61. The maximum atomic E-state index is 12.1. The van der Waals surface area contributed by atoms with E-state index >= 15 is 0 Å². The zero-order valence-electron chi connectivity index (χ0n) is 13.5. The van der Waals surface area contributed by atoms with Crippen molar-refractivity contribution in [3.8, 4) is 0 Å². The molecule has 130 valence electrons. The molecular formula is C18H17NO6. The van der Waals surface area contributed by atoms with Gasteiger partial charge in [-0.3, -0.25) is 24.5 Å². The van der Waals surface area contributed by atoms with Gasteiger partial charge in [0.1, 0.15) is 17.8 Å². The number of carbonyl (C=O) groups is 3. The Balaban J connectivity index is 0.000000333. The molecule has 1 N–H and O–H groups in total. The monoisotopic (exact) mass is 343 g/mol. The van der Waals surface area contributed by atoms with Crippen molar-refractivity contribution in [2.24, 2.45) is 0 Å². The standard InChI is InChI=1S/C13H9NO3.C5H8O3/c15-13(10-6-2-1-3-7-10)11-8-4-5-9-12(11)14(16)17;1-2-4(6)3-5(7)8/h1-9H;2-3H2,1H3,(H,7,8). The quantitative estimate of drug-likeness (QED) is 0.372. The van der Waals surface area contributed by atoms with Gasteiger partial charge in [0.25, 0.3) is 5.69 Å². The van der Waals surface area contributed by atoms with Crippen LogP contribution in [0.3, 0.4) is 0 Å². The lowest BCUT2D eigenvalue weighted by Crippen LogP contribution is -2.04. The van der Waals surface area contributed by atoms with E-state index in [-0.39, 0.29) is 29.2 Å². The fraction of sp³-hybridized carbons (Fsp3) is 0.167. The van der Waals surface area contributed by atoms with Crippen LogP contribution in [0.5, 0.6) is 0 Å².